The largest absolute Gasteiger partial charge is 0.294 e. The van der Waals surface area contributed by atoms with Gasteiger partial charge in [0.2, 0.25) is 0 Å². The zero-order valence-corrected chi connectivity index (χ0v) is 16.5. The van der Waals surface area contributed by atoms with Crippen molar-refractivity contribution in [2.24, 2.45) is 7.05 Å². The summed E-state index contributed by atoms with van der Waals surface area (Å²) >= 11 is 0. The highest BCUT2D eigenvalue weighted by molar-refractivity contribution is 5.63. The molecular weight excluding hydrogens is 316 g/mol. The topological polar surface area (TPSA) is 8.81 Å². The van der Waals surface area contributed by atoms with E-state index in [0.717, 1.165) is 33.8 Å². The van der Waals surface area contributed by atoms with Gasteiger partial charge in [-0.1, -0.05) is 63.6 Å². The van der Waals surface area contributed by atoms with Gasteiger partial charge in [0.15, 0.2) is 0 Å². The van der Waals surface area contributed by atoms with Gasteiger partial charge in [-0.05, 0) is 37.2 Å². The molecule has 0 saturated heterocycles. The molecular formula is C24H31N2+. The molecule has 0 atom stereocenters. The Hall–Kier alpha value is -2.35. The summed E-state index contributed by atoms with van der Waals surface area (Å²) in [7, 11) is 1.95. The Labute approximate surface area is 165 Å². The molecule has 0 fully saturated rings. The molecule has 1 aromatic heterocycles. The van der Waals surface area contributed by atoms with E-state index in [1.165, 1.54) is 0 Å². The number of hydrogen-bond donors (Lipinski definition) is 0. The Balaban J connectivity index is 2.36. The molecule has 0 bridgehead atoms. The van der Waals surface area contributed by atoms with Crippen molar-refractivity contribution in [1.82, 2.24) is 4.57 Å². The van der Waals surface area contributed by atoms with Crippen molar-refractivity contribution in [2.75, 3.05) is 0 Å². The maximum atomic E-state index is 8.74. The van der Waals surface area contributed by atoms with Gasteiger partial charge in [0, 0.05) is 18.0 Å². The van der Waals surface area contributed by atoms with Crippen LogP contribution in [0, 0.1) is 13.8 Å². The third kappa shape index (κ3) is 3.21. The average molecular weight is 353 g/mol. The standard InChI is InChI=1S/C24H31N2/c1-16(2)20-9-8-10-21(17(3)4)23(20)26-14-13-25(7)24(26)22-12-11-18(5)15-19(22)6/h8-17H,1-7H3/q+1/i5D3,16D,17D. The first-order valence-electron chi connectivity index (χ1n) is 11.4. The van der Waals surface area contributed by atoms with Crippen LogP contribution in [0.5, 0.6) is 0 Å². The van der Waals surface area contributed by atoms with Crippen LogP contribution >= 0.6 is 0 Å². The quantitative estimate of drug-likeness (QED) is 0.522. The molecule has 1 heterocycles. The van der Waals surface area contributed by atoms with Gasteiger partial charge in [-0.2, -0.15) is 4.57 Å². The summed E-state index contributed by atoms with van der Waals surface area (Å²) in [5, 5.41) is 0. The molecule has 3 rings (SSSR count). The molecule has 0 spiro atoms. The van der Waals surface area contributed by atoms with E-state index in [9.17, 15) is 0 Å². The normalized spacial score (nSPS) is 15.7. The zero-order chi connectivity index (χ0) is 23.4. The fourth-order valence-corrected chi connectivity index (χ4v) is 3.50. The SMILES string of the molecule is [2H]C([2H])([2H])c1ccc(-c2n(-c3c(C([2H])(C)C)cccc3C([2H])(C)C)cc[n+]2C)c(C)c1. The van der Waals surface area contributed by atoms with Crippen LogP contribution in [0.2, 0.25) is 0 Å². The molecule has 0 N–H and O–H groups in total. The highest BCUT2D eigenvalue weighted by Gasteiger charge is 2.26. The van der Waals surface area contributed by atoms with E-state index in [-0.39, 0.29) is 0 Å². The van der Waals surface area contributed by atoms with E-state index in [1.807, 2.05) is 87.5 Å². The lowest BCUT2D eigenvalue weighted by molar-refractivity contribution is -0.659. The first-order valence-corrected chi connectivity index (χ1v) is 8.95. The minimum atomic E-state index is -2.16. The number of rotatable bonds is 4. The van der Waals surface area contributed by atoms with Gasteiger partial charge in [0.25, 0.3) is 5.82 Å². The lowest BCUT2D eigenvalue weighted by Gasteiger charge is -2.18. The molecule has 136 valence electrons. The molecule has 0 saturated carbocycles. The molecule has 0 unspecified atom stereocenters. The second kappa shape index (κ2) is 7.11. The molecule has 26 heavy (non-hydrogen) atoms. The van der Waals surface area contributed by atoms with Gasteiger partial charge >= 0.3 is 0 Å². The lowest BCUT2D eigenvalue weighted by atomic mass is 9.92. The van der Waals surface area contributed by atoms with Crippen LogP contribution in [0.3, 0.4) is 0 Å². The lowest BCUT2D eigenvalue weighted by Crippen LogP contribution is -2.29. The minimum Gasteiger partial charge on any atom is -0.232 e. The van der Waals surface area contributed by atoms with Gasteiger partial charge in [0.05, 0.1) is 12.6 Å². The average Bonchev–Trinajstić information content (AvgIpc) is 3.00. The molecule has 2 aromatic carbocycles. The number of nitrogens with zero attached hydrogens (tertiary/aromatic N) is 2. The maximum Gasteiger partial charge on any atom is 0.294 e. The van der Waals surface area contributed by atoms with Crippen LogP contribution < -0.4 is 4.57 Å². The molecule has 0 aliphatic rings. The van der Waals surface area contributed by atoms with Crippen molar-refractivity contribution >= 4 is 0 Å². The van der Waals surface area contributed by atoms with Gasteiger partial charge < -0.3 is 0 Å². The molecule has 0 aliphatic carbocycles. The fraction of sp³-hybridized carbons (Fsp3) is 0.375. The molecule has 0 radical (unpaired) electrons. The van der Waals surface area contributed by atoms with Gasteiger partial charge in [-0.15, -0.1) is 0 Å². The number of imidazole rings is 1. The van der Waals surface area contributed by atoms with Crippen molar-refractivity contribution in [3.63, 3.8) is 0 Å². The Bertz CT molecular complexity index is 1080. The summed E-state index contributed by atoms with van der Waals surface area (Å²) in [5.74, 6) is -0.856. The van der Waals surface area contributed by atoms with E-state index >= 15 is 0 Å². The van der Waals surface area contributed by atoms with Crippen molar-refractivity contribution in [1.29, 1.82) is 0 Å². The molecule has 0 amide bonds. The van der Waals surface area contributed by atoms with Gasteiger partial charge in [-0.3, -0.25) is 0 Å². The van der Waals surface area contributed by atoms with Gasteiger partial charge in [-0.25, -0.2) is 4.57 Å². The van der Waals surface area contributed by atoms with Gasteiger partial charge in [0.1, 0.15) is 18.1 Å². The van der Waals surface area contributed by atoms with Crippen molar-refractivity contribution < 1.29 is 11.4 Å². The van der Waals surface area contributed by atoms with E-state index in [0.29, 0.717) is 5.56 Å². The van der Waals surface area contributed by atoms with E-state index < -0.39 is 18.6 Å². The highest BCUT2D eigenvalue weighted by atomic mass is 15.1. The maximum absolute atomic E-state index is 8.74. The number of aromatic nitrogens is 2. The molecule has 2 nitrogen and oxygen atoms in total. The smallest absolute Gasteiger partial charge is 0.232 e. The molecule has 3 aromatic rings. The zero-order valence-electron chi connectivity index (χ0n) is 21.5. The Morgan fingerprint density at radius 1 is 1.04 bits per heavy atom. The second-order valence-corrected chi connectivity index (χ2v) is 7.33. The highest BCUT2D eigenvalue weighted by Crippen LogP contribution is 2.34. The van der Waals surface area contributed by atoms with Crippen molar-refractivity contribution in [3.8, 4) is 17.1 Å². The van der Waals surface area contributed by atoms with E-state index in [2.05, 4.69) is 0 Å². The molecule has 2 heteroatoms. The first kappa shape index (κ1) is 12.9. The Morgan fingerprint density at radius 3 is 2.23 bits per heavy atom. The van der Waals surface area contributed by atoms with Crippen LogP contribution in [0.25, 0.3) is 17.1 Å². The predicted molar refractivity (Wildman–Crippen MR) is 110 cm³/mol. The van der Waals surface area contributed by atoms with Crippen molar-refractivity contribution in [2.45, 2.75) is 53.3 Å². The third-order valence-corrected chi connectivity index (χ3v) is 4.82. The van der Waals surface area contributed by atoms with Crippen LogP contribution in [0.1, 0.15) is 68.6 Å². The predicted octanol–water partition coefficient (Wildman–Crippen LogP) is 5.83. The minimum absolute atomic E-state index is 0.315. The van der Waals surface area contributed by atoms with Crippen LogP contribution in [0.4, 0.5) is 0 Å². The van der Waals surface area contributed by atoms with E-state index in [4.69, 9.17) is 6.85 Å². The van der Waals surface area contributed by atoms with Crippen LogP contribution in [0.15, 0.2) is 48.8 Å². The number of hydrogen-bond acceptors (Lipinski definition) is 0. The summed E-state index contributed by atoms with van der Waals surface area (Å²) < 4.78 is 44.6. The number of aryl methyl sites for hydroxylation is 3. The fourth-order valence-electron chi connectivity index (χ4n) is 3.50. The third-order valence-electron chi connectivity index (χ3n) is 4.82. The Kier molecular flexibility index (Phi) is 3.53. The van der Waals surface area contributed by atoms with Crippen LogP contribution in [-0.2, 0) is 7.05 Å². The number of benzene rings is 2. The summed E-state index contributed by atoms with van der Waals surface area (Å²) in [4.78, 5) is 0. The molecule has 0 aliphatic heterocycles. The summed E-state index contributed by atoms with van der Waals surface area (Å²) in [6.07, 6.45) is 3.90. The second-order valence-electron chi connectivity index (χ2n) is 7.33. The van der Waals surface area contributed by atoms with E-state index in [1.54, 1.807) is 12.1 Å². The Morgan fingerprint density at radius 2 is 1.69 bits per heavy atom. The summed E-state index contributed by atoms with van der Waals surface area (Å²) in [5.41, 5.74) is 4.58. The number of para-hydroxylation sites is 1. The van der Waals surface area contributed by atoms with Crippen LogP contribution in [-0.4, -0.2) is 4.57 Å². The first-order chi connectivity index (χ1) is 14.1. The summed E-state index contributed by atoms with van der Waals surface area (Å²) in [6, 6.07) is 11.0. The van der Waals surface area contributed by atoms with Crippen molar-refractivity contribution in [3.05, 3.63) is 71.0 Å². The summed E-state index contributed by atoms with van der Waals surface area (Å²) in [6.45, 7) is 7.17. The monoisotopic (exact) mass is 352 g/mol.